The maximum atomic E-state index is 12.9. The Morgan fingerprint density at radius 3 is 2.75 bits per heavy atom. The monoisotopic (exact) mass is 490 g/mol. The van der Waals surface area contributed by atoms with E-state index in [1.54, 1.807) is 6.07 Å². The van der Waals surface area contributed by atoms with Crippen LogP contribution in [0.2, 0.25) is 0 Å². The molecule has 1 aliphatic carbocycles. The molecule has 194 valence electrons. The number of hydrogen-bond donors (Lipinski definition) is 2. The third-order valence-electron chi connectivity index (χ3n) is 8.45. The van der Waals surface area contributed by atoms with Gasteiger partial charge in [-0.15, -0.1) is 6.58 Å². The zero-order valence-corrected chi connectivity index (χ0v) is 21.8. The zero-order valence-electron chi connectivity index (χ0n) is 21.8. The number of benzene rings is 2. The lowest BCUT2D eigenvalue weighted by atomic mass is 9.55. The fraction of sp³-hybridized carbons (Fsp3) is 0.516. The van der Waals surface area contributed by atoms with Crippen LogP contribution >= 0.6 is 0 Å². The molecule has 2 N–H and O–H groups in total. The van der Waals surface area contributed by atoms with Gasteiger partial charge in [0.05, 0.1) is 5.60 Å². The Morgan fingerprint density at radius 1 is 1.17 bits per heavy atom. The van der Waals surface area contributed by atoms with Gasteiger partial charge in [0.1, 0.15) is 5.75 Å². The molecule has 1 saturated heterocycles. The van der Waals surface area contributed by atoms with Crippen LogP contribution < -0.4 is 5.32 Å². The number of nitrogens with zero attached hydrogens (tertiary/aromatic N) is 1. The molecule has 0 aromatic heterocycles. The van der Waals surface area contributed by atoms with Crippen molar-refractivity contribution in [2.24, 2.45) is 0 Å². The molecule has 0 spiro atoms. The van der Waals surface area contributed by atoms with Crippen molar-refractivity contribution >= 4 is 5.91 Å². The van der Waals surface area contributed by atoms with E-state index in [0.717, 1.165) is 76.6 Å². The Hall–Kier alpha value is -2.63. The van der Waals surface area contributed by atoms with E-state index >= 15 is 0 Å². The normalized spacial score (nSPS) is 26.2. The van der Waals surface area contributed by atoms with Gasteiger partial charge in [-0.2, -0.15) is 0 Å². The van der Waals surface area contributed by atoms with Crippen LogP contribution in [0.1, 0.15) is 62.5 Å². The van der Waals surface area contributed by atoms with Crippen molar-refractivity contribution in [1.82, 2.24) is 10.2 Å². The molecule has 1 saturated carbocycles. The van der Waals surface area contributed by atoms with Crippen LogP contribution in [0.15, 0.2) is 67.3 Å². The van der Waals surface area contributed by atoms with E-state index in [-0.39, 0.29) is 28.7 Å². The molecule has 1 aliphatic heterocycles. The zero-order chi connectivity index (χ0) is 25.4. The number of nitrogens with one attached hydrogen (secondary N) is 1. The van der Waals surface area contributed by atoms with E-state index in [0.29, 0.717) is 6.42 Å². The van der Waals surface area contributed by atoms with Gasteiger partial charge in [0.15, 0.2) is 0 Å². The summed E-state index contributed by atoms with van der Waals surface area (Å²) in [4.78, 5) is 15.3. The minimum absolute atomic E-state index is 0.110. The summed E-state index contributed by atoms with van der Waals surface area (Å²) in [5.41, 5.74) is 1.86. The topological polar surface area (TPSA) is 61.8 Å². The van der Waals surface area contributed by atoms with Crippen molar-refractivity contribution in [3.63, 3.8) is 0 Å². The van der Waals surface area contributed by atoms with Crippen LogP contribution in [0, 0.1) is 0 Å². The number of carbonyl (C=O) groups excluding carboxylic acids is 1. The number of aromatic hydroxyl groups is 1. The Kier molecular flexibility index (Phi) is 8.86. The Labute approximate surface area is 216 Å². The number of rotatable bonds is 11. The van der Waals surface area contributed by atoms with Crippen molar-refractivity contribution in [2.45, 2.75) is 74.8 Å². The lowest BCUT2D eigenvalue weighted by Gasteiger charge is -2.59. The Morgan fingerprint density at radius 2 is 2.00 bits per heavy atom. The number of ether oxygens (including phenoxy) is 1. The van der Waals surface area contributed by atoms with Gasteiger partial charge >= 0.3 is 0 Å². The third-order valence-corrected chi connectivity index (χ3v) is 8.45. The highest BCUT2D eigenvalue weighted by atomic mass is 16.5. The number of carbonyl (C=O) groups is 1. The molecule has 3 atom stereocenters. The number of unbranched alkanes of at least 4 members (excludes halogenated alkanes) is 2. The number of phenols is 1. The van der Waals surface area contributed by atoms with Gasteiger partial charge in [-0.25, -0.2) is 0 Å². The van der Waals surface area contributed by atoms with Crippen molar-refractivity contribution in [3.05, 3.63) is 78.4 Å². The molecule has 3 unspecified atom stereocenters. The number of amides is 1. The average molecular weight is 491 g/mol. The van der Waals surface area contributed by atoms with Crippen LogP contribution in [0.4, 0.5) is 0 Å². The maximum Gasteiger partial charge on any atom is 0.220 e. The van der Waals surface area contributed by atoms with Crippen LogP contribution in [0.5, 0.6) is 5.75 Å². The van der Waals surface area contributed by atoms with Crippen molar-refractivity contribution in [1.29, 1.82) is 0 Å². The molecule has 4 rings (SSSR count). The largest absolute Gasteiger partial charge is 0.508 e. The second-order valence-corrected chi connectivity index (χ2v) is 10.7. The Balaban J connectivity index is 1.39. The molecule has 36 heavy (non-hydrogen) atoms. The number of hydrogen-bond acceptors (Lipinski definition) is 4. The summed E-state index contributed by atoms with van der Waals surface area (Å²) in [5.74, 6) is 0.432. The van der Waals surface area contributed by atoms with E-state index < -0.39 is 0 Å². The number of likely N-dealkylation sites (tertiary alicyclic amines) is 1. The summed E-state index contributed by atoms with van der Waals surface area (Å²) >= 11 is 0. The SMILES string of the molecule is C=CCN1CCC2(c3cccc(O)c3)CC(NC(=O)CCCCCc3ccccc3)CCC2(OC)C1. The first kappa shape index (κ1) is 26.4. The Bertz CT molecular complexity index is 1010. The summed E-state index contributed by atoms with van der Waals surface area (Å²) < 4.78 is 6.37. The fourth-order valence-electron chi connectivity index (χ4n) is 6.59. The molecular formula is C31H42N2O3. The summed E-state index contributed by atoms with van der Waals surface area (Å²) in [5, 5.41) is 13.7. The molecule has 2 aliphatic rings. The number of piperidine rings is 1. The van der Waals surface area contributed by atoms with E-state index in [4.69, 9.17) is 4.74 Å². The lowest BCUT2D eigenvalue weighted by Crippen LogP contribution is -2.67. The molecule has 5 heteroatoms. The van der Waals surface area contributed by atoms with Gasteiger partial charge in [0, 0.05) is 38.1 Å². The lowest BCUT2D eigenvalue weighted by molar-refractivity contribution is -0.149. The van der Waals surface area contributed by atoms with E-state index in [1.807, 2.05) is 31.4 Å². The summed E-state index contributed by atoms with van der Waals surface area (Å²) in [6.45, 7) is 6.53. The van der Waals surface area contributed by atoms with Crippen molar-refractivity contribution in [3.8, 4) is 5.75 Å². The molecule has 2 aromatic carbocycles. The summed E-state index contributed by atoms with van der Waals surface area (Å²) in [7, 11) is 1.82. The molecule has 1 heterocycles. The van der Waals surface area contributed by atoms with Crippen molar-refractivity contribution in [2.75, 3.05) is 26.7 Å². The minimum Gasteiger partial charge on any atom is -0.508 e. The second kappa shape index (κ2) is 12.1. The minimum atomic E-state index is -0.360. The number of fused-ring (bicyclic) bond motifs is 1. The van der Waals surface area contributed by atoms with Gasteiger partial charge in [-0.05, 0) is 74.8 Å². The number of methoxy groups -OCH3 is 1. The molecule has 2 aromatic rings. The average Bonchev–Trinajstić information content (AvgIpc) is 2.89. The molecule has 1 amide bonds. The van der Waals surface area contributed by atoms with Crippen LogP contribution in [0.25, 0.3) is 0 Å². The molecule has 0 bridgehead atoms. The van der Waals surface area contributed by atoms with Crippen molar-refractivity contribution < 1.29 is 14.6 Å². The molecule has 5 nitrogen and oxygen atoms in total. The predicted molar refractivity (Wildman–Crippen MR) is 145 cm³/mol. The van der Waals surface area contributed by atoms with Crippen LogP contribution in [0.3, 0.4) is 0 Å². The van der Waals surface area contributed by atoms with Crippen LogP contribution in [-0.4, -0.2) is 54.3 Å². The number of phenolic OH excluding ortho intramolecular Hbond substituents is 1. The molecule has 2 fully saturated rings. The van der Waals surface area contributed by atoms with Gasteiger partial charge < -0.3 is 15.2 Å². The summed E-state index contributed by atoms with van der Waals surface area (Å²) in [6.07, 6.45) is 10.2. The highest BCUT2D eigenvalue weighted by molar-refractivity contribution is 5.76. The smallest absolute Gasteiger partial charge is 0.220 e. The fourth-order valence-corrected chi connectivity index (χ4v) is 6.59. The highest BCUT2D eigenvalue weighted by Crippen LogP contribution is 2.53. The maximum absolute atomic E-state index is 12.9. The van der Waals surface area contributed by atoms with Gasteiger partial charge in [-0.1, -0.05) is 55.0 Å². The predicted octanol–water partition coefficient (Wildman–Crippen LogP) is 5.38. The highest BCUT2D eigenvalue weighted by Gasteiger charge is 2.58. The van der Waals surface area contributed by atoms with Crippen LogP contribution in [-0.2, 0) is 21.4 Å². The summed E-state index contributed by atoms with van der Waals surface area (Å²) in [6, 6.07) is 18.3. The molecule has 0 radical (unpaired) electrons. The van der Waals surface area contributed by atoms with Gasteiger partial charge in [0.25, 0.3) is 0 Å². The second-order valence-electron chi connectivity index (χ2n) is 10.7. The first-order valence-electron chi connectivity index (χ1n) is 13.5. The first-order chi connectivity index (χ1) is 17.5. The standard InChI is InChI=1S/C31H42N2O3/c1-3-20-33-21-19-30(26-14-10-15-28(34)22-26)23-27(17-18-31(30,24-33)36-2)32-29(35)16-9-5-8-13-25-11-6-4-7-12-25/h3-4,6-7,10-12,14-15,22,27,34H,1,5,8-9,13,16-21,23-24H2,2H3,(H,32,35). The van der Waals surface area contributed by atoms with Gasteiger partial charge in [0.2, 0.25) is 5.91 Å². The van der Waals surface area contributed by atoms with E-state index in [1.165, 1.54) is 5.56 Å². The van der Waals surface area contributed by atoms with E-state index in [9.17, 15) is 9.90 Å². The number of aryl methyl sites for hydroxylation is 1. The van der Waals surface area contributed by atoms with E-state index in [2.05, 4.69) is 47.1 Å². The first-order valence-corrected chi connectivity index (χ1v) is 13.5. The van der Waals surface area contributed by atoms with Gasteiger partial charge in [-0.3, -0.25) is 9.69 Å². The quantitative estimate of drug-likeness (QED) is 0.328. The molecular weight excluding hydrogens is 448 g/mol. The third kappa shape index (κ3) is 5.84.